The van der Waals surface area contributed by atoms with E-state index in [2.05, 4.69) is 10.6 Å². The zero-order valence-corrected chi connectivity index (χ0v) is 16.1. The fraction of sp³-hybridized carbons (Fsp3) is 0.130. The van der Waals surface area contributed by atoms with Gasteiger partial charge in [-0.2, -0.15) is 0 Å². The first-order valence-corrected chi connectivity index (χ1v) is 9.19. The van der Waals surface area contributed by atoms with E-state index in [1.807, 2.05) is 54.6 Å². The molecule has 0 saturated carbocycles. The second kappa shape index (κ2) is 9.61. The van der Waals surface area contributed by atoms with E-state index < -0.39 is 0 Å². The van der Waals surface area contributed by atoms with Crippen molar-refractivity contribution in [1.29, 1.82) is 0 Å². The number of nitrogens with one attached hydrogen (secondary N) is 2. The van der Waals surface area contributed by atoms with E-state index in [0.29, 0.717) is 11.4 Å². The molecule has 0 unspecified atom stereocenters. The third-order valence-electron chi connectivity index (χ3n) is 4.24. The second-order valence-corrected chi connectivity index (χ2v) is 6.69. The summed E-state index contributed by atoms with van der Waals surface area (Å²) in [4.78, 5) is 26.2. The number of hydrogen-bond donors (Lipinski definition) is 2. The minimum atomic E-state index is -0.368. The van der Waals surface area contributed by atoms with Crippen LogP contribution in [0.15, 0.2) is 78.9 Å². The van der Waals surface area contributed by atoms with Gasteiger partial charge in [0.2, 0.25) is 11.8 Å². The number of amides is 2. The zero-order valence-electron chi connectivity index (χ0n) is 16.1. The zero-order chi connectivity index (χ0) is 20.6. The van der Waals surface area contributed by atoms with E-state index >= 15 is 0 Å². The standard InChI is InChI=1S/C23H22FN3O2/c1-27(15-22(28)25-19-13-11-18(24)12-14-19)16-23(29)26-21-10-6-5-9-20(21)17-7-3-2-4-8-17/h2-14H,15-16H2,1H3,(H,25,28)(H,26,29). The monoisotopic (exact) mass is 391 g/mol. The lowest BCUT2D eigenvalue weighted by molar-refractivity contribution is -0.119. The van der Waals surface area contributed by atoms with Gasteiger partial charge in [-0.1, -0.05) is 48.5 Å². The summed E-state index contributed by atoms with van der Waals surface area (Å²) < 4.78 is 12.9. The molecule has 2 amide bonds. The molecule has 0 aliphatic heterocycles. The molecule has 0 atom stereocenters. The minimum Gasteiger partial charge on any atom is -0.325 e. The van der Waals surface area contributed by atoms with E-state index in [0.717, 1.165) is 11.1 Å². The fourth-order valence-electron chi connectivity index (χ4n) is 2.93. The molecule has 0 aliphatic rings. The topological polar surface area (TPSA) is 61.4 Å². The number of carbonyl (C=O) groups excluding carboxylic acids is 2. The van der Waals surface area contributed by atoms with Gasteiger partial charge in [-0.05, 0) is 42.9 Å². The largest absolute Gasteiger partial charge is 0.325 e. The van der Waals surface area contributed by atoms with Gasteiger partial charge in [0.1, 0.15) is 5.82 Å². The van der Waals surface area contributed by atoms with Gasteiger partial charge in [-0.25, -0.2) is 4.39 Å². The Balaban J connectivity index is 1.55. The average Bonchev–Trinajstić information content (AvgIpc) is 2.70. The number of para-hydroxylation sites is 1. The summed E-state index contributed by atoms with van der Waals surface area (Å²) in [5, 5.41) is 5.59. The number of hydrogen-bond acceptors (Lipinski definition) is 3. The minimum absolute atomic E-state index is 0.0329. The highest BCUT2D eigenvalue weighted by atomic mass is 19.1. The highest BCUT2D eigenvalue weighted by molar-refractivity contribution is 5.97. The SMILES string of the molecule is CN(CC(=O)Nc1ccc(F)cc1)CC(=O)Nc1ccccc1-c1ccccc1. The van der Waals surface area contributed by atoms with Crippen molar-refractivity contribution in [2.24, 2.45) is 0 Å². The molecule has 0 spiro atoms. The first-order valence-electron chi connectivity index (χ1n) is 9.19. The second-order valence-electron chi connectivity index (χ2n) is 6.69. The Morgan fingerprint density at radius 1 is 0.793 bits per heavy atom. The molecule has 0 aromatic heterocycles. The maximum atomic E-state index is 12.9. The highest BCUT2D eigenvalue weighted by Crippen LogP contribution is 2.27. The molecule has 5 nitrogen and oxygen atoms in total. The van der Waals surface area contributed by atoms with E-state index in [1.54, 1.807) is 11.9 Å². The smallest absolute Gasteiger partial charge is 0.238 e. The Bertz CT molecular complexity index is 975. The van der Waals surface area contributed by atoms with Gasteiger partial charge in [-0.3, -0.25) is 14.5 Å². The molecule has 3 rings (SSSR count). The third kappa shape index (κ3) is 5.99. The molecular formula is C23H22FN3O2. The van der Waals surface area contributed by atoms with Gasteiger partial charge in [0, 0.05) is 16.9 Å². The molecular weight excluding hydrogens is 369 g/mol. The third-order valence-corrected chi connectivity index (χ3v) is 4.24. The number of anilines is 2. The van der Waals surface area contributed by atoms with Crippen molar-refractivity contribution in [2.75, 3.05) is 30.8 Å². The fourth-order valence-corrected chi connectivity index (χ4v) is 2.93. The van der Waals surface area contributed by atoms with Crippen LogP contribution < -0.4 is 10.6 Å². The van der Waals surface area contributed by atoms with Crippen molar-refractivity contribution in [3.63, 3.8) is 0 Å². The lowest BCUT2D eigenvalue weighted by atomic mass is 10.0. The lowest BCUT2D eigenvalue weighted by Gasteiger charge is -2.17. The molecule has 0 heterocycles. The Hall–Kier alpha value is -3.51. The molecule has 0 aliphatic carbocycles. The van der Waals surface area contributed by atoms with E-state index in [9.17, 15) is 14.0 Å². The van der Waals surface area contributed by atoms with Crippen molar-refractivity contribution >= 4 is 23.2 Å². The van der Waals surface area contributed by atoms with Crippen LogP contribution in [0.5, 0.6) is 0 Å². The van der Waals surface area contributed by atoms with Crippen molar-refractivity contribution in [1.82, 2.24) is 4.90 Å². The lowest BCUT2D eigenvalue weighted by Crippen LogP contribution is -2.36. The van der Waals surface area contributed by atoms with Gasteiger partial charge in [0.25, 0.3) is 0 Å². The molecule has 0 saturated heterocycles. The molecule has 3 aromatic carbocycles. The normalized spacial score (nSPS) is 10.6. The molecule has 3 aromatic rings. The van der Waals surface area contributed by atoms with Crippen LogP contribution in [0.4, 0.5) is 15.8 Å². The summed E-state index contributed by atoms with van der Waals surface area (Å²) in [5.41, 5.74) is 3.16. The van der Waals surface area contributed by atoms with Crippen LogP contribution in [-0.2, 0) is 9.59 Å². The number of carbonyl (C=O) groups is 2. The summed E-state index contributed by atoms with van der Waals surface area (Å²) in [6, 6.07) is 22.9. The molecule has 0 fully saturated rings. The quantitative estimate of drug-likeness (QED) is 0.640. The predicted octanol–water partition coefficient (Wildman–Crippen LogP) is 4.00. The van der Waals surface area contributed by atoms with E-state index in [1.165, 1.54) is 24.3 Å². The number of benzene rings is 3. The molecule has 6 heteroatoms. The Morgan fingerprint density at radius 3 is 2.07 bits per heavy atom. The first-order chi connectivity index (χ1) is 14.0. The molecule has 148 valence electrons. The van der Waals surface area contributed by atoms with Gasteiger partial charge in [0.15, 0.2) is 0 Å². The van der Waals surface area contributed by atoms with Crippen molar-refractivity contribution < 1.29 is 14.0 Å². The summed E-state index contributed by atoms with van der Waals surface area (Å²) in [6.07, 6.45) is 0. The number of likely N-dealkylation sites (N-methyl/N-ethyl adjacent to an activating group) is 1. The maximum absolute atomic E-state index is 12.9. The Morgan fingerprint density at radius 2 is 1.38 bits per heavy atom. The van der Waals surface area contributed by atoms with Crippen LogP contribution in [0.25, 0.3) is 11.1 Å². The van der Waals surface area contributed by atoms with Crippen LogP contribution in [0.3, 0.4) is 0 Å². The van der Waals surface area contributed by atoms with Gasteiger partial charge in [-0.15, -0.1) is 0 Å². The van der Waals surface area contributed by atoms with Gasteiger partial charge >= 0.3 is 0 Å². The number of nitrogens with zero attached hydrogens (tertiary/aromatic N) is 1. The Labute approximate surface area is 169 Å². The summed E-state index contributed by atoms with van der Waals surface area (Å²) in [7, 11) is 1.69. The predicted molar refractivity (Wildman–Crippen MR) is 113 cm³/mol. The van der Waals surface area contributed by atoms with Crippen molar-refractivity contribution in [3.05, 3.63) is 84.7 Å². The first kappa shape index (κ1) is 20.2. The van der Waals surface area contributed by atoms with Crippen molar-refractivity contribution in [3.8, 4) is 11.1 Å². The van der Waals surface area contributed by atoms with Crippen molar-refractivity contribution in [2.45, 2.75) is 0 Å². The van der Waals surface area contributed by atoms with Crippen LogP contribution in [0.2, 0.25) is 0 Å². The van der Waals surface area contributed by atoms with E-state index in [4.69, 9.17) is 0 Å². The Kier molecular flexibility index (Phi) is 6.71. The molecule has 2 N–H and O–H groups in total. The number of halogens is 1. The van der Waals surface area contributed by atoms with Gasteiger partial charge in [0.05, 0.1) is 13.1 Å². The summed E-state index contributed by atoms with van der Waals surface area (Å²) in [6.45, 7) is 0.0884. The summed E-state index contributed by atoms with van der Waals surface area (Å²) >= 11 is 0. The average molecular weight is 391 g/mol. The van der Waals surface area contributed by atoms with Crippen LogP contribution >= 0.6 is 0 Å². The van der Waals surface area contributed by atoms with Crippen LogP contribution in [-0.4, -0.2) is 36.9 Å². The van der Waals surface area contributed by atoms with Gasteiger partial charge < -0.3 is 10.6 Å². The highest BCUT2D eigenvalue weighted by Gasteiger charge is 2.13. The number of rotatable bonds is 7. The summed E-state index contributed by atoms with van der Waals surface area (Å²) in [5.74, 6) is -0.866. The molecule has 0 radical (unpaired) electrons. The molecule has 29 heavy (non-hydrogen) atoms. The van der Waals surface area contributed by atoms with E-state index in [-0.39, 0.29) is 30.7 Å². The van der Waals surface area contributed by atoms with Crippen LogP contribution in [0.1, 0.15) is 0 Å². The van der Waals surface area contributed by atoms with Crippen LogP contribution in [0, 0.1) is 5.82 Å². The maximum Gasteiger partial charge on any atom is 0.238 e. The molecule has 0 bridgehead atoms.